The maximum Gasteiger partial charge on any atom is 0.355 e. The first-order valence-corrected chi connectivity index (χ1v) is 21.4. The summed E-state index contributed by atoms with van der Waals surface area (Å²) in [6.45, 7) is 10.2. The number of esters is 2. The summed E-state index contributed by atoms with van der Waals surface area (Å²) in [4.78, 5) is 63.0. The van der Waals surface area contributed by atoms with Gasteiger partial charge >= 0.3 is 11.9 Å². The van der Waals surface area contributed by atoms with Crippen molar-refractivity contribution >= 4 is 28.7 Å². The van der Waals surface area contributed by atoms with Crippen LogP contribution in [0.3, 0.4) is 0 Å². The smallest absolute Gasteiger partial charge is 0.355 e. The summed E-state index contributed by atoms with van der Waals surface area (Å²) >= 11 is 0. The van der Waals surface area contributed by atoms with E-state index in [4.69, 9.17) is 23.7 Å². The van der Waals surface area contributed by atoms with Crippen molar-refractivity contribution < 1.29 is 48.4 Å². The van der Waals surface area contributed by atoms with Crippen LogP contribution < -0.4 is 10.9 Å². The molecule has 0 saturated carbocycles. The molecule has 64 heavy (non-hydrogen) atoms. The second-order valence-electron chi connectivity index (χ2n) is 16.6. The van der Waals surface area contributed by atoms with Gasteiger partial charge in [0.05, 0.1) is 53.4 Å². The molecule has 0 unspecified atom stereocenters. The molecule has 9 rings (SSSR count). The van der Waals surface area contributed by atoms with Crippen molar-refractivity contribution in [3.8, 4) is 51.1 Å². The molecular weight excluding hydrogens is 823 g/mol. The lowest BCUT2D eigenvalue weighted by atomic mass is 9.85. The van der Waals surface area contributed by atoms with E-state index in [1.807, 2.05) is 45.0 Å². The van der Waals surface area contributed by atoms with Crippen LogP contribution >= 0.6 is 0 Å². The predicted octanol–water partition coefficient (Wildman–Crippen LogP) is 6.02. The van der Waals surface area contributed by atoms with Crippen LogP contribution in [0, 0.1) is 0 Å². The van der Waals surface area contributed by atoms with Gasteiger partial charge in [-0.2, -0.15) is 0 Å². The van der Waals surface area contributed by atoms with Crippen LogP contribution in [0.2, 0.25) is 0 Å². The minimum Gasteiger partial charge on any atom is -0.508 e. The highest BCUT2D eigenvalue weighted by Crippen LogP contribution is 2.45. The molecule has 0 aliphatic carbocycles. The molecule has 3 aromatic carbocycles. The molecule has 1 saturated heterocycles. The van der Waals surface area contributed by atoms with Gasteiger partial charge in [0.2, 0.25) is 5.60 Å². The summed E-state index contributed by atoms with van der Waals surface area (Å²) < 4.78 is 24.3. The molecule has 0 radical (unpaired) electrons. The normalized spacial score (nSPS) is 16.9. The fraction of sp³-hybridized carbons (Fsp3) is 0.333. The largest absolute Gasteiger partial charge is 0.508 e. The molecule has 0 bridgehead atoms. The maximum atomic E-state index is 14.2. The van der Waals surface area contributed by atoms with Crippen molar-refractivity contribution in [3.05, 3.63) is 110 Å². The van der Waals surface area contributed by atoms with Gasteiger partial charge < -0.3 is 43.9 Å². The van der Waals surface area contributed by atoms with E-state index in [0.29, 0.717) is 54.2 Å². The number of hydrogen-bond donors (Lipinski definition) is 4. The number of pyridine rings is 2. The highest BCUT2D eigenvalue weighted by molar-refractivity contribution is 6.03. The molecule has 3 aliphatic rings. The molecule has 1 fully saturated rings. The molecule has 6 aromatic rings. The molecule has 3 aromatic heterocycles. The van der Waals surface area contributed by atoms with Gasteiger partial charge in [0.1, 0.15) is 30.4 Å². The van der Waals surface area contributed by atoms with E-state index in [-0.39, 0.29) is 76.4 Å². The van der Waals surface area contributed by atoms with Crippen LogP contribution in [0.1, 0.15) is 83.9 Å². The van der Waals surface area contributed by atoms with Crippen LogP contribution in [-0.4, -0.2) is 85.6 Å². The number of amides is 1. The summed E-state index contributed by atoms with van der Waals surface area (Å²) in [5.74, 6) is -3.04. The van der Waals surface area contributed by atoms with Crippen molar-refractivity contribution in [2.45, 2.75) is 71.8 Å². The van der Waals surface area contributed by atoms with Crippen LogP contribution in [0.4, 0.5) is 0 Å². The highest BCUT2D eigenvalue weighted by atomic mass is 16.6. The zero-order chi connectivity index (χ0) is 45.0. The Morgan fingerprint density at radius 1 is 0.953 bits per heavy atom. The number of aromatic hydroxyl groups is 3. The Bertz CT molecular complexity index is 2930. The first-order valence-electron chi connectivity index (χ1n) is 21.4. The van der Waals surface area contributed by atoms with Gasteiger partial charge in [-0.25, -0.2) is 9.78 Å². The molecule has 0 spiro atoms. The van der Waals surface area contributed by atoms with Gasteiger partial charge in [0.15, 0.2) is 11.5 Å². The standard InChI is InChI=1S/C48H47N5O11/c1-5-29-31-17-28(54)11-12-36(31)50-42-33(29)23-53-37(42)19-35-34(46(53)59)24-62-47(60)48(35,6-2)63-40(57)21-49-45(58)43-41(27-9-7-26(8-10-27)22-52-13-15-61-16-14-52)44(64-51-43)32-18-30(25(3)4)38(55)20-39(32)56/h7-12,17-20,25,54-56H,5-6,13-16,21-24H2,1-4H3,(H,49,58)/t48-/m0/s1. The van der Waals surface area contributed by atoms with Crippen molar-refractivity contribution in [2.75, 3.05) is 32.8 Å². The van der Waals surface area contributed by atoms with Crippen molar-refractivity contribution in [1.82, 2.24) is 24.9 Å². The lowest BCUT2D eigenvalue weighted by molar-refractivity contribution is -0.188. The minimum absolute atomic E-state index is 0.0617. The second kappa shape index (κ2) is 16.6. The number of carbonyl (C=O) groups is 3. The Morgan fingerprint density at radius 3 is 2.44 bits per heavy atom. The molecule has 16 heteroatoms. The van der Waals surface area contributed by atoms with Gasteiger partial charge in [0, 0.05) is 42.2 Å². The lowest BCUT2D eigenvalue weighted by Gasteiger charge is -2.35. The average Bonchev–Trinajstić information content (AvgIpc) is 3.89. The number of aromatic nitrogens is 3. The number of carbonyl (C=O) groups excluding carboxylic acids is 3. The number of ether oxygens (including phenoxy) is 3. The number of fused-ring (bicyclic) bond motifs is 5. The summed E-state index contributed by atoms with van der Waals surface area (Å²) in [7, 11) is 0. The van der Waals surface area contributed by atoms with E-state index in [1.165, 1.54) is 6.07 Å². The van der Waals surface area contributed by atoms with Crippen molar-refractivity contribution in [2.24, 2.45) is 0 Å². The number of nitrogens with one attached hydrogen (secondary N) is 1. The number of morpholine rings is 1. The molecule has 6 heterocycles. The van der Waals surface area contributed by atoms with Gasteiger partial charge in [-0.15, -0.1) is 0 Å². The van der Waals surface area contributed by atoms with Crippen molar-refractivity contribution in [3.63, 3.8) is 0 Å². The second-order valence-corrected chi connectivity index (χ2v) is 16.6. The fourth-order valence-electron chi connectivity index (χ4n) is 9.11. The van der Waals surface area contributed by atoms with Gasteiger partial charge in [0.25, 0.3) is 11.5 Å². The molecular formula is C48H47N5O11. The summed E-state index contributed by atoms with van der Waals surface area (Å²) in [6.07, 6.45) is 0.514. The first kappa shape index (κ1) is 42.3. The third-order valence-corrected chi connectivity index (χ3v) is 12.5. The fourth-order valence-corrected chi connectivity index (χ4v) is 9.11. The third-order valence-electron chi connectivity index (χ3n) is 12.5. The zero-order valence-corrected chi connectivity index (χ0v) is 35.8. The quantitative estimate of drug-likeness (QED) is 0.110. The number of cyclic esters (lactones) is 1. The van der Waals surface area contributed by atoms with Crippen LogP contribution in [-0.2, 0) is 55.5 Å². The number of nitrogens with zero attached hydrogens (tertiary/aromatic N) is 4. The molecule has 3 aliphatic heterocycles. The maximum absolute atomic E-state index is 14.2. The molecule has 1 atom stereocenters. The van der Waals surface area contributed by atoms with Crippen LogP contribution in [0.5, 0.6) is 17.2 Å². The van der Waals surface area contributed by atoms with E-state index in [0.717, 1.165) is 35.2 Å². The van der Waals surface area contributed by atoms with Crippen LogP contribution in [0.15, 0.2) is 70.0 Å². The van der Waals surface area contributed by atoms with Crippen LogP contribution in [0.25, 0.3) is 44.7 Å². The number of hydrogen-bond acceptors (Lipinski definition) is 14. The van der Waals surface area contributed by atoms with Gasteiger partial charge in [-0.3, -0.25) is 19.3 Å². The number of phenolic OH excluding ortho intramolecular Hbond substituents is 3. The predicted molar refractivity (Wildman–Crippen MR) is 233 cm³/mol. The average molecular weight is 870 g/mol. The monoisotopic (exact) mass is 869 g/mol. The Balaban J connectivity index is 1.02. The molecule has 330 valence electrons. The molecule has 16 nitrogen and oxygen atoms in total. The summed E-state index contributed by atoms with van der Waals surface area (Å²) in [5.41, 5.74) is 3.57. The summed E-state index contributed by atoms with van der Waals surface area (Å²) in [5, 5.41) is 39.4. The number of phenols is 3. The molecule has 4 N–H and O–H groups in total. The van der Waals surface area contributed by atoms with E-state index in [1.54, 1.807) is 41.8 Å². The lowest BCUT2D eigenvalue weighted by Crippen LogP contribution is -2.48. The highest BCUT2D eigenvalue weighted by Gasteiger charge is 2.50. The Morgan fingerprint density at radius 2 is 1.72 bits per heavy atom. The van der Waals surface area contributed by atoms with E-state index in [9.17, 15) is 34.5 Å². The van der Waals surface area contributed by atoms with E-state index < -0.39 is 35.6 Å². The zero-order valence-electron chi connectivity index (χ0n) is 35.8. The van der Waals surface area contributed by atoms with Gasteiger partial charge in [-0.05, 0) is 71.3 Å². The topological polar surface area (TPSA) is 216 Å². The Kier molecular flexibility index (Phi) is 11.0. The van der Waals surface area contributed by atoms with Crippen molar-refractivity contribution in [1.29, 1.82) is 0 Å². The number of aryl methyl sites for hydroxylation is 1. The first-order chi connectivity index (χ1) is 30.8. The number of rotatable bonds is 11. The Hall–Kier alpha value is -7.04. The third kappa shape index (κ3) is 7.21. The van der Waals surface area contributed by atoms with Gasteiger partial charge in [-0.1, -0.05) is 57.1 Å². The molecule has 1 amide bonds. The SMILES string of the molecule is CCc1c2c(nc3ccc(O)cc13)-c1cc3c(c(=O)n1C2)COC(=O)[C@@]3(CC)OC(=O)CNC(=O)c1noc(-c2cc(C(C)C)c(O)cc2O)c1-c1ccc(CN2CCOCC2)cc1. The number of benzene rings is 3. The Labute approximate surface area is 367 Å². The van der Waals surface area contributed by atoms with E-state index >= 15 is 0 Å². The minimum atomic E-state index is -2.02. The van der Waals surface area contributed by atoms with E-state index in [2.05, 4.69) is 15.4 Å². The summed E-state index contributed by atoms with van der Waals surface area (Å²) in [6, 6.07) is 16.9.